The fourth-order valence-corrected chi connectivity index (χ4v) is 3.20. The van der Waals surface area contributed by atoms with Gasteiger partial charge in [0.05, 0.1) is 12.3 Å². The Kier molecular flexibility index (Phi) is 2.67. The molecule has 1 saturated heterocycles. The maximum atomic E-state index is 5.90. The van der Waals surface area contributed by atoms with Crippen LogP contribution in [0.2, 0.25) is 0 Å². The van der Waals surface area contributed by atoms with Crippen LogP contribution in [0.25, 0.3) is 4.96 Å². The summed E-state index contributed by atoms with van der Waals surface area (Å²) >= 11 is 1.74. The fraction of sp³-hybridized carbons (Fsp3) is 0.545. The Balaban J connectivity index is 2.02. The average Bonchev–Trinajstić information content (AvgIpc) is 2.70. The molecule has 0 amide bonds. The lowest BCUT2D eigenvalue weighted by atomic mass is 10.1. The Hall–Kier alpha value is -0.910. The van der Waals surface area contributed by atoms with Crippen LogP contribution in [0, 0.1) is 6.92 Å². The van der Waals surface area contributed by atoms with Gasteiger partial charge in [0.25, 0.3) is 0 Å². The van der Waals surface area contributed by atoms with Gasteiger partial charge in [-0.1, -0.05) is 0 Å². The molecule has 1 aliphatic heterocycles. The van der Waals surface area contributed by atoms with Crippen molar-refractivity contribution >= 4 is 16.3 Å². The molecule has 1 atom stereocenters. The first-order valence-electron chi connectivity index (χ1n) is 5.61. The zero-order valence-corrected chi connectivity index (χ0v) is 10.1. The lowest BCUT2D eigenvalue weighted by Gasteiger charge is -2.14. The third-order valence-corrected chi connectivity index (χ3v) is 3.96. The molecule has 4 nitrogen and oxygen atoms in total. The summed E-state index contributed by atoms with van der Waals surface area (Å²) in [4.78, 5) is 6.71. The van der Waals surface area contributed by atoms with Crippen LogP contribution in [0.15, 0.2) is 12.4 Å². The summed E-state index contributed by atoms with van der Waals surface area (Å²) in [6.45, 7) is 4.91. The van der Waals surface area contributed by atoms with Gasteiger partial charge in [-0.2, -0.15) is 0 Å². The van der Waals surface area contributed by atoms with E-state index < -0.39 is 0 Å². The zero-order valence-electron chi connectivity index (χ0n) is 9.27. The third-order valence-electron chi connectivity index (χ3n) is 2.96. The predicted molar refractivity (Wildman–Crippen MR) is 64.0 cm³/mol. The Labute approximate surface area is 98.3 Å². The van der Waals surface area contributed by atoms with Gasteiger partial charge in [-0.15, -0.1) is 11.3 Å². The van der Waals surface area contributed by atoms with Crippen molar-refractivity contribution in [2.75, 3.05) is 19.7 Å². The summed E-state index contributed by atoms with van der Waals surface area (Å²) in [5.41, 5.74) is 1.28. The van der Waals surface area contributed by atoms with Gasteiger partial charge in [0.1, 0.15) is 6.10 Å². The molecule has 1 unspecified atom stereocenters. The van der Waals surface area contributed by atoms with Crippen LogP contribution in [-0.4, -0.2) is 29.1 Å². The second-order valence-corrected chi connectivity index (χ2v) is 5.20. The number of imidazole rings is 1. The van der Waals surface area contributed by atoms with E-state index >= 15 is 0 Å². The molecule has 1 fully saturated rings. The van der Waals surface area contributed by atoms with Crippen molar-refractivity contribution in [3.8, 4) is 0 Å². The standard InChI is InChI=1S/C11H15N3OS/c1-8-10(9-2-3-12-5-7-15-9)14-6-4-13-11(14)16-8/h4,6,9,12H,2-3,5,7H2,1H3. The number of hydrogen-bond acceptors (Lipinski definition) is 4. The van der Waals surface area contributed by atoms with E-state index in [4.69, 9.17) is 4.74 Å². The molecule has 5 heteroatoms. The molecule has 0 aliphatic carbocycles. The molecular formula is C11H15N3OS. The van der Waals surface area contributed by atoms with Crippen LogP contribution in [0.1, 0.15) is 23.1 Å². The van der Waals surface area contributed by atoms with Crippen LogP contribution in [-0.2, 0) is 4.74 Å². The average molecular weight is 237 g/mol. The van der Waals surface area contributed by atoms with Gasteiger partial charge >= 0.3 is 0 Å². The normalized spacial score (nSPS) is 22.4. The maximum Gasteiger partial charge on any atom is 0.194 e. The number of aromatic nitrogens is 2. The highest BCUT2D eigenvalue weighted by molar-refractivity contribution is 7.17. The van der Waals surface area contributed by atoms with Crippen molar-refractivity contribution in [2.45, 2.75) is 19.4 Å². The minimum atomic E-state index is 0.206. The largest absolute Gasteiger partial charge is 0.371 e. The quantitative estimate of drug-likeness (QED) is 0.821. The van der Waals surface area contributed by atoms with Crippen molar-refractivity contribution in [3.05, 3.63) is 23.0 Å². The van der Waals surface area contributed by atoms with Crippen LogP contribution in [0.4, 0.5) is 0 Å². The number of nitrogens with zero attached hydrogens (tertiary/aromatic N) is 2. The fourth-order valence-electron chi connectivity index (χ4n) is 2.22. The third kappa shape index (κ3) is 1.65. The molecule has 16 heavy (non-hydrogen) atoms. The van der Waals surface area contributed by atoms with E-state index in [9.17, 15) is 0 Å². The topological polar surface area (TPSA) is 38.6 Å². The number of nitrogens with one attached hydrogen (secondary N) is 1. The van der Waals surface area contributed by atoms with Crippen molar-refractivity contribution in [2.24, 2.45) is 0 Å². The lowest BCUT2D eigenvalue weighted by Crippen LogP contribution is -2.16. The Morgan fingerprint density at radius 3 is 3.44 bits per heavy atom. The SMILES string of the molecule is Cc1sc2nccn2c1C1CCNCCO1. The highest BCUT2D eigenvalue weighted by Crippen LogP contribution is 2.30. The molecule has 0 aromatic carbocycles. The number of hydrogen-bond donors (Lipinski definition) is 1. The molecule has 0 saturated carbocycles. The highest BCUT2D eigenvalue weighted by Gasteiger charge is 2.21. The number of aryl methyl sites for hydroxylation is 1. The number of fused-ring (bicyclic) bond motifs is 1. The number of ether oxygens (including phenoxy) is 1. The van der Waals surface area contributed by atoms with E-state index in [1.54, 1.807) is 11.3 Å². The molecule has 2 aromatic heterocycles. The van der Waals surface area contributed by atoms with Gasteiger partial charge in [0, 0.05) is 23.8 Å². The zero-order chi connectivity index (χ0) is 11.0. The van der Waals surface area contributed by atoms with Crippen LogP contribution < -0.4 is 5.32 Å². The van der Waals surface area contributed by atoms with E-state index in [1.807, 2.05) is 12.4 Å². The summed E-state index contributed by atoms with van der Waals surface area (Å²) in [7, 11) is 0. The molecule has 1 N–H and O–H groups in total. The molecule has 3 heterocycles. The summed E-state index contributed by atoms with van der Waals surface area (Å²) in [6.07, 6.45) is 5.11. The van der Waals surface area contributed by atoms with E-state index in [-0.39, 0.29) is 6.10 Å². The Morgan fingerprint density at radius 1 is 1.56 bits per heavy atom. The van der Waals surface area contributed by atoms with Crippen molar-refractivity contribution in [3.63, 3.8) is 0 Å². The molecule has 3 rings (SSSR count). The lowest BCUT2D eigenvalue weighted by molar-refractivity contribution is 0.0605. The summed E-state index contributed by atoms with van der Waals surface area (Å²) in [6, 6.07) is 0. The van der Waals surface area contributed by atoms with Gasteiger partial charge in [0.15, 0.2) is 4.96 Å². The molecule has 1 aliphatic rings. The summed E-state index contributed by atoms with van der Waals surface area (Å²) < 4.78 is 8.06. The first kappa shape index (κ1) is 10.3. The summed E-state index contributed by atoms with van der Waals surface area (Å²) in [5.74, 6) is 0. The van der Waals surface area contributed by atoms with Gasteiger partial charge in [-0.3, -0.25) is 4.40 Å². The molecule has 0 bridgehead atoms. The van der Waals surface area contributed by atoms with E-state index in [0.29, 0.717) is 0 Å². The van der Waals surface area contributed by atoms with Gasteiger partial charge in [-0.25, -0.2) is 4.98 Å². The monoisotopic (exact) mass is 237 g/mol. The molecular weight excluding hydrogens is 222 g/mol. The minimum Gasteiger partial charge on any atom is -0.371 e. The Bertz CT molecular complexity index is 482. The van der Waals surface area contributed by atoms with Crippen molar-refractivity contribution < 1.29 is 4.74 Å². The van der Waals surface area contributed by atoms with Crippen LogP contribution in [0.5, 0.6) is 0 Å². The van der Waals surface area contributed by atoms with Crippen LogP contribution >= 0.6 is 11.3 Å². The molecule has 86 valence electrons. The summed E-state index contributed by atoms with van der Waals surface area (Å²) in [5, 5.41) is 3.35. The van der Waals surface area contributed by atoms with E-state index in [0.717, 1.165) is 31.1 Å². The Morgan fingerprint density at radius 2 is 2.50 bits per heavy atom. The molecule has 2 aromatic rings. The van der Waals surface area contributed by atoms with Crippen molar-refractivity contribution in [1.29, 1.82) is 0 Å². The number of thiazole rings is 1. The van der Waals surface area contributed by atoms with Gasteiger partial charge in [-0.05, 0) is 19.9 Å². The first-order chi connectivity index (χ1) is 7.86. The van der Waals surface area contributed by atoms with E-state index in [2.05, 4.69) is 21.6 Å². The predicted octanol–water partition coefficient (Wildman–Crippen LogP) is 1.76. The number of rotatable bonds is 1. The smallest absolute Gasteiger partial charge is 0.194 e. The highest BCUT2D eigenvalue weighted by atomic mass is 32.1. The van der Waals surface area contributed by atoms with Crippen molar-refractivity contribution in [1.82, 2.24) is 14.7 Å². The second-order valence-electron chi connectivity index (χ2n) is 4.02. The second kappa shape index (κ2) is 4.16. The maximum absolute atomic E-state index is 5.90. The molecule has 0 spiro atoms. The van der Waals surface area contributed by atoms with Gasteiger partial charge in [0.2, 0.25) is 0 Å². The van der Waals surface area contributed by atoms with E-state index in [1.165, 1.54) is 10.6 Å². The van der Waals surface area contributed by atoms with Crippen LogP contribution in [0.3, 0.4) is 0 Å². The van der Waals surface area contributed by atoms with Gasteiger partial charge < -0.3 is 10.1 Å². The minimum absolute atomic E-state index is 0.206. The first-order valence-corrected chi connectivity index (χ1v) is 6.42. The molecule has 0 radical (unpaired) electrons.